The molecule has 2 aromatic rings. The van der Waals surface area contributed by atoms with E-state index >= 15 is 0 Å². The number of benzene rings is 2. The van der Waals surface area contributed by atoms with Gasteiger partial charge in [-0.3, -0.25) is 4.79 Å². The molecular weight excluding hydrogens is 392 g/mol. The Morgan fingerprint density at radius 1 is 1.24 bits per heavy atom. The Balaban J connectivity index is 2.13. The third-order valence-electron chi connectivity index (χ3n) is 3.86. The first-order chi connectivity index (χ1) is 14.0. The van der Waals surface area contributed by atoms with Gasteiger partial charge in [0.05, 0.1) is 28.6 Å². The molecule has 0 fully saturated rings. The molecule has 1 amide bonds. The molecule has 0 heterocycles. The van der Waals surface area contributed by atoms with Crippen LogP contribution in [0.2, 0.25) is 5.02 Å². The molecule has 7 nitrogen and oxygen atoms in total. The normalized spacial score (nSPS) is 10.7. The number of nitrogens with zero attached hydrogens (tertiary/aromatic N) is 1. The molecule has 0 bridgehead atoms. The van der Waals surface area contributed by atoms with E-state index in [1.54, 1.807) is 42.5 Å². The van der Waals surface area contributed by atoms with Crippen LogP contribution in [0.15, 0.2) is 54.2 Å². The zero-order chi connectivity index (χ0) is 21.2. The summed E-state index contributed by atoms with van der Waals surface area (Å²) >= 11 is 6.07. The number of carbonyl (C=O) groups excluding carboxylic acids is 2. The number of unbranched alkanes of at least 4 members (excludes halogenated alkanes) is 1. The molecular formula is C21H21ClN4O3. The largest absolute Gasteiger partial charge is 0.462 e. The van der Waals surface area contributed by atoms with E-state index in [0.29, 0.717) is 23.0 Å². The number of nitriles is 1. The van der Waals surface area contributed by atoms with Gasteiger partial charge < -0.3 is 21.1 Å². The van der Waals surface area contributed by atoms with E-state index in [2.05, 4.69) is 10.6 Å². The maximum atomic E-state index is 12.5. The van der Waals surface area contributed by atoms with E-state index in [-0.39, 0.29) is 16.8 Å². The molecule has 0 radical (unpaired) electrons. The van der Waals surface area contributed by atoms with Crippen molar-refractivity contribution in [3.8, 4) is 6.07 Å². The van der Waals surface area contributed by atoms with E-state index in [0.717, 1.165) is 12.8 Å². The summed E-state index contributed by atoms with van der Waals surface area (Å²) in [6, 6.07) is 13.1. The van der Waals surface area contributed by atoms with Crippen LogP contribution < -0.4 is 16.4 Å². The van der Waals surface area contributed by atoms with Crippen molar-refractivity contribution in [1.29, 1.82) is 5.26 Å². The maximum absolute atomic E-state index is 12.5. The molecule has 0 aliphatic heterocycles. The van der Waals surface area contributed by atoms with E-state index in [1.807, 2.05) is 13.0 Å². The predicted octanol–water partition coefficient (Wildman–Crippen LogP) is 4.34. The third kappa shape index (κ3) is 6.26. The monoisotopic (exact) mass is 412 g/mol. The Hall–Kier alpha value is -3.50. The Morgan fingerprint density at radius 2 is 2.00 bits per heavy atom. The fourth-order valence-electron chi connectivity index (χ4n) is 2.29. The summed E-state index contributed by atoms with van der Waals surface area (Å²) in [5.74, 6) is -1.22. The fraction of sp³-hybridized carbons (Fsp3) is 0.190. The summed E-state index contributed by atoms with van der Waals surface area (Å²) < 4.78 is 5.20. The SMILES string of the molecule is CCCCOC(=O)c1ccccc1NC(=O)/C(C#N)=C\Nc1ccc(N)cc1Cl. The molecule has 8 heteroatoms. The van der Waals surface area contributed by atoms with Crippen molar-refractivity contribution in [2.24, 2.45) is 0 Å². The van der Waals surface area contributed by atoms with Crippen LogP contribution in [0.5, 0.6) is 0 Å². The van der Waals surface area contributed by atoms with Crippen LogP contribution in [-0.4, -0.2) is 18.5 Å². The molecule has 0 saturated heterocycles. The van der Waals surface area contributed by atoms with Crippen LogP contribution in [0.4, 0.5) is 17.1 Å². The smallest absolute Gasteiger partial charge is 0.340 e. The van der Waals surface area contributed by atoms with Gasteiger partial charge >= 0.3 is 5.97 Å². The van der Waals surface area contributed by atoms with Crippen LogP contribution >= 0.6 is 11.6 Å². The Kier molecular flexibility index (Phi) is 8.07. The average molecular weight is 413 g/mol. The first-order valence-electron chi connectivity index (χ1n) is 8.95. The van der Waals surface area contributed by atoms with Crippen LogP contribution in [0, 0.1) is 11.3 Å². The van der Waals surface area contributed by atoms with Gasteiger partial charge in [0.2, 0.25) is 0 Å². The Morgan fingerprint density at radius 3 is 2.69 bits per heavy atom. The highest BCUT2D eigenvalue weighted by Crippen LogP contribution is 2.24. The summed E-state index contributed by atoms with van der Waals surface area (Å²) in [4.78, 5) is 24.7. The van der Waals surface area contributed by atoms with Crippen molar-refractivity contribution in [3.05, 3.63) is 64.8 Å². The highest BCUT2D eigenvalue weighted by atomic mass is 35.5. The van der Waals surface area contributed by atoms with Crippen LogP contribution in [-0.2, 0) is 9.53 Å². The number of halogens is 1. The number of para-hydroxylation sites is 1. The van der Waals surface area contributed by atoms with Gasteiger partial charge in [-0.2, -0.15) is 5.26 Å². The summed E-state index contributed by atoms with van der Waals surface area (Å²) in [6.45, 7) is 2.29. The van der Waals surface area contributed by atoms with Gasteiger partial charge in [-0.25, -0.2) is 4.79 Å². The van der Waals surface area contributed by atoms with E-state index in [1.165, 1.54) is 6.20 Å². The van der Waals surface area contributed by atoms with Gasteiger partial charge in [0.25, 0.3) is 5.91 Å². The molecule has 0 aliphatic rings. The standard InChI is InChI=1S/C21H21ClN4O3/c1-2-3-10-29-21(28)16-6-4-5-7-18(16)26-20(27)14(12-23)13-25-19-9-8-15(24)11-17(19)22/h4-9,11,13,25H,2-3,10,24H2,1H3,(H,26,27)/b14-13-. The fourth-order valence-corrected chi connectivity index (χ4v) is 2.54. The lowest BCUT2D eigenvalue weighted by Gasteiger charge is -2.11. The Bertz CT molecular complexity index is 967. The molecule has 2 rings (SSSR count). The quantitative estimate of drug-likeness (QED) is 0.195. The van der Waals surface area contributed by atoms with Gasteiger partial charge in [0, 0.05) is 11.9 Å². The lowest BCUT2D eigenvalue weighted by Crippen LogP contribution is -2.18. The molecule has 0 atom stereocenters. The minimum Gasteiger partial charge on any atom is -0.462 e. The second-order valence-corrected chi connectivity index (χ2v) is 6.45. The van der Waals surface area contributed by atoms with Crippen molar-refractivity contribution < 1.29 is 14.3 Å². The summed E-state index contributed by atoms with van der Waals surface area (Å²) in [7, 11) is 0. The van der Waals surface area contributed by atoms with Crippen molar-refractivity contribution in [2.45, 2.75) is 19.8 Å². The number of anilines is 3. The number of nitrogens with one attached hydrogen (secondary N) is 2. The summed E-state index contributed by atoms with van der Waals surface area (Å²) in [5, 5.41) is 15.0. The van der Waals surface area contributed by atoms with Crippen molar-refractivity contribution >= 4 is 40.5 Å². The predicted molar refractivity (Wildman–Crippen MR) is 113 cm³/mol. The van der Waals surface area contributed by atoms with Gasteiger partial charge in [-0.05, 0) is 36.8 Å². The van der Waals surface area contributed by atoms with Crippen molar-refractivity contribution in [3.63, 3.8) is 0 Å². The van der Waals surface area contributed by atoms with Crippen molar-refractivity contribution in [2.75, 3.05) is 23.0 Å². The molecule has 0 aliphatic carbocycles. The molecule has 0 unspecified atom stereocenters. The number of hydrogen-bond acceptors (Lipinski definition) is 6. The molecule has 150 valence electrons. The highest BCUT2D eigenvalue weighted by molar-refractivity contribution is 6.33. The molecule has 0 saturated carbocycles. The second kappa shape index (κ2) is 10.7. The average Bonchev–Trinajstić information content (AvgIpc) is 2.70. The molecule has 29 heavy (non-hydrogen) atoms. The number of rotatable bonds is 8. The zero-order valence-electron chi connectivity index (χ0n) is 15.9. The number of nitrogens with two attached hydrogens (primary N) is 1. The van der Waals surface area contributed by atoms with E-state index in [9.17, 15) is 14.9 Å². The van der Waals surface area contributed by atoms with Crippen LogP contribution in [0.1, 0.15) is 30.1 Å². The summed E-state index contributed by atoms with van der Waals surface area (Å²) in [5.41, 5.74) is 6.88. The van der Waals surface area contributed by atoms with Crippen molar-refractivity contribution in [1.82, 2.24) is 0 Å². The molecule has 0 spiro atoms. The van der Waals surface area contributed by atoms with E-state index < -0.39 is 11.9 Å². The van der Waals surface area contributed by atoms with Gasteiger partial charge in [-0.15, -0.1) is 0 Å². The number of ether oxygens (including phenoxy) is 1. The minimum absolute atomic E-state index is 0.202. The Labute approximate surface area is 174 Å². The summed E-state index contributed by atoms with van der Waals surface area (Å²) in [6.07, 6.45) is 2.88. The van der Waals surface area contributed by atoms with Gasteiger partial charge in [0.15, 0.2) is 0 Å². The lowest BCUT2D eigenvalue weighted by atomic mass is 10.1. The van der Waals surface area contributed by atoms with Crippen LogP contribution in [0.3, 0.4) is 0 Å². The first kappa shape index (κ1) is 21.8. The highest BCUT2D eigenvalue weighted by Gasteiger charge is 2.16. The molecule has 2 aromatic carbocycles. The van der Waals surface area contributed by atoms with Gasteiger partial charge in [-0.1, -0.05) is 37.1 Å². The third-order valence-corrected chi connectivity index (χ3v) is 4.17. The van der Waals surface area contributed by atoms with Gasteiger partial charge in [0.1, 0.15) is 11.6 Å². The topological polar surface area (TPSA) is 117 Å². The lowest BCUT2D eigenvalue weighted by molar-refractivity contribution is -0.112. The number of hydrogen-bond donors (Lipinski definition) is 3. The van der Waals surface area contributed by atoms with Crippen LogP contribution in [0.25, 0.3) is 0 Å². The number of amides is 1. The number of nitrogen functional groups attached to an aromatic ring is 1. The maximum Gasteiger partial charge on any atom is 0.340 e. The molecule has 0 aromatic heterocycles. The van der Waals surface area contributed by atoms with E-state index in [4.69, 9.17) is 22.1 Å². The molecule has 4 N–H and O–H groups in total. The number of esters is 1. The minimum atomic E-state index is -0.680. The first-order valence-corrected chi connectivity index (χ1v) is 9.33. The zero-order valence-corrected chi connectivity index (χ0v) is 16.6. The number of carbonyl (C=O) groups is 2. The second-order valence-electron chi connectivity index (χ2n) is 6.04.